The van der Waals surface area contributed by atoms with E-state index in [0.29, 0.717) is 11.5 Å². The van der Waals surface area contributed by atoms with Gasteiger partial charge in [0, 0.05) is 6.20 Å². The van der Waals surface area contributed by atoms with Crippen LogP contribution in [0.1, 0.15) is 0 Å². The zero-order chi connectivity index (χ0) is 16.9. The van der Waals surface area contributed by atoms with Crippen molar-refractivity contribution in [1.29, 1.82) is 0 Å². The highest BCUT2D eigenvalue weighted by Crippen LogP contribution is 2.21. The molecule has 1 aliphatic rings. The largest absolute Gasteiger partial charge is 0.497 e. The first kappa shape index (κ1) is 15.6. The molecule has 2 N–H and O–H groups in total. The number of benzene rings is 2. The quantitative estimate of drug-likeness (QED) is 0.691. The maximum Gasteiger partial charge on any atom is 0.326 e. The summed E-state index contributed by atoms with van der Waals surface area (Å²) >= 11 is 0. The third kappa shape index (κ3) is 3.38. The lowest BCUT2D eigenvalue weighted by atomic mass is 10.1. The van der Waals surface area contributed by atoms with Crippen LogP contribution in [-0.2, 0) is 4.79 Å². The highest BCUT2D eigenvalue weighted by Gasteiger charge is 2.26. The van der Waals surface area contributed by atoms with Crippen molar-refractivity contribution in [3.8, 4) is 11.5 Å². The number of carbonyl (C=O) groups excluding carboxylic acids is 1. The maximum atomic E-state index is 12.3. The molecule has 1 unspecified atom stereocenters. The monoisotopic (exact) mass is 323 g/mol. The Balaban J connectivity index is 1.69. The van der Waals surface area contributed by atoms with Crippen molar-refractivity contribution in [2.75, 3.05) is 12.1 Å². The molecule has 122 valence electrons. The van der Waals surface area contributed by atoms with E-state index in [0.717, 1.165) is 5.69 Å². The zero-order valence-corrected chi connectivity index (χ0v) is 13.1. The summed E-state index contributed by atoms with van der Waals surface area (Å²) in [4.78, 5) is 12.3. The topological polar surface area (TPSA) is 77.2 Å². The van der Waals surface area contributed by atoms with Crippen LogP contribution in [0.5, 0.6) is 11.5 Å². The van der Waals surface area contributed by atoms with E-state index in [9.17, 15) is 4.79 Å². The fourth-order valence-electron chi connectivity index (χ4n) is 2.23. The van der Waals surface area contributed by atoms with E-state index >= 15 is 0 Å². The summed E-state index contributed by atoms with van der Waals surface area (Å²) in [5, 5.41) is 5.86. The molecule has 1 aliphatic heterocycles. The smallest absolute Gasteiger partial charge is 0.326 e. The van der Waals surface area contributed by atoms with Crippen molar-refractivity contribution in [2.24, 2.45) is 16.8 Å². The van der Waals surface area contributed by atoms with Gasteiger partial charge in [-0.25, -0.2) is 5.01 Å². The zero-order valence-electron chi connectivity index (χ0n) is 13.1. The minimum absolute atomic E-state index is 0.180. The molecule has 6 heteroatoms. The normalized spacial score (nSPS) is 16.5. The van der Waals surface area contributed by atoms with E-state index in [1.54, 1.807) is 48.7 Å². The fraction of sp³-hybridized carbons (Fsp3) is 0.111. The van der Waals surface area contributed by atoms with Gasteiger partial charge in [-0.05, 0) is 42.5 Å². The minimum atomic E-state index is -0.716. The Hall–Kier alpha value is -3.28. The molecule has 0 bridgehead atoms. The number of esters is 1. The molecule has 0 saturated heterocycles. The molecule has 0 aromatic heterocycles. The number of carbonyl (C=O) groups is 1. The first-order valence-electron chi connectivity index (χ1n) is 7.39. The number of ether oxygens (including phenoxy) is 2. The number of methoxy groups -OCH3 is 1. The van der Waals surface area contributed by atoms with Crippen LogP contribution in [0.2, 0.25) is 0 Å². The van der Waals surface area contributed by atoms with Gasteiger partial charge < -0.3 is 15.2 Å². The van der Waals surface area contributed by atoms with Crippen LogP contribution in [0.4, 0.5) is 5.69 Å². The standard InChI is InChI=1S/C18H17N3O3/c1-23-14-7-9-15(10-8-14)24-18(22)16-11-12-21(20-17(16)19)13-5-3-2-4-6-13/h2-12,16H,1H3,(H2,19,20). The van der Waals surface area contributed by atoms with Crippen LogP contribution in [0.25, 0.3) is 0 Å². The molecule has 1 heterocycles. The molecular weight excluding hydrogens is 306 g/mol. The molecule has 2 aromatic rings. The second kappa shape index (κ2) is 6.87. The number of rotatable bonds is 4. The van der Waals surface area contributed by atoms with E-state index in [1.165, 1.54) is 0 Å². The fourth-order valence-corrected chi connectivity index (χ4v) is 2.23. The second-order valence-corrected chi connectivity index (χ2v) is 5.12. The van der Waals surface area contributed by atoms with Crippen LogP contribution in [-0.4, -0.2) is 18.9 Å². The summed E-state index contributed by atoms with van der Waals surface area (Å²) in [5.41, 5.74) is 6.80. The number of nitrogens with two attached hydrogens (primary N) is 1. The highest BCUT2D eigenvalue weighted by atomic mass is 16.5. The molecule has 0 amide bonds. The Morgan fingerprint density at radius 1 is 1.08 bits per heavy atom. The Bertz CT molecular complexity index is 770. The van der Waals surface area contributed by atoms with E-state index in [2.05, 4.69) is 5.10 Å². The lowest BCUT2D eigenvalue weighted by molar-refractivity contribution is -0.135. The van der Waals surface area contributed by atoms with Gasteiger partial charge in [0.05, 0.1) is 12.8 Å². The number of anilines is 1. The summed E-state index contributed by atoms with van der Waals surface area (Å²) in [6, 6.07) is 16.3. The van der Waals surface area contributed by atoms with Gasteiger partial charge in [-0.2, -0.15) is 5.10 Å². The summed E-state index contributed by atoms with van der Waals surface area (Å²) in [7, 11) is 1.57. The molecule has 0 aliphatic carbocycles. The molecule has 0 saturated carbocycles. The van der Waals surface area contributed by atoms with Crippen LogP contribution < -0.4 is 20.2 Å². The van der Waals surface area contributed by atoms with Gasteiger partial charge >= 0.3 is 5.97 Å². The average molecular weight is 323 g/mol. The number of para-hydroxylation sites is 1. The van der Waals surface area contributed by atoms with Gasteiger partial charge in [-0.1, -0.05) is 18.2 Å². The summed E-state index contributed by atoms with van der Waals surface area (Å²) in [5.74, 6) is 0.0942. The number of hydrazone groups is 1. The number of nitrogens with zero attached hydrogens (tertiary/aromatic N) is 2. The van der Waals surface area contributed by atoms with Crippen molar-refractivity contribution in [1.82, 2.24) is 0 Å². The van der Waals surface area contributed by atoms with Crippen molar-refractivity contribution in [3.63, 3.8) is 0 Å². The second-order valence-electron chi connectivity index (χ2n) is 5.12. The van der Waals surface area contributed by atoms with E-state index in [4.69, 9.17) is 15.2 Å². The predicted octanol–water partition coefficient (Wildman–Crippen LogP) is 2.52. The van der Waals surface area contributed by atoms with Crippen molar-refractivity contribution >= 4 is 17.5 Å². The third-order valence-electron chi connectivity index (χ3n) is 3.51. The molecule has 0 radical (unpaired) electrons. The summed E-state index contributed by atoms with van der Waals surface area (Å²) < 4.78 is 10.4. The number of amidine groups is 1. The Labute approximate surface area is 139 Å². The van der Waals surface area contributed by atoms with Crippen LogP contribution in [0.3, 0.4) is 0 Å². The van der Waals surface area contributed by atoms with Gasteiger partial charge in [0.25, 0.3) is 0 Å². The van der Waals surface area contributed by atoms with Crippen LogP contribution in [0, 0.1) is 5.92 Å². The van der Waals surface area contributed by atoms with Crippen molar-refractivity contribution in [3.05, 3.63) is 66.9 Å². The summed E-state index contributed by atoms with van der Waals surface area (Å²) in [6.07, 6.45) is 3.37. The van der Waals surface area contributed by atoms with Gasteiger partial charge in [0.2, 0.25) is 0 Å². The minimum Gasteiger partial charge on any atom is -0.497 e. The van der Waals surface area contributed by atoms with Crippen molar-refractivity contribution < 1.29 is 14.3 Å². The average Bonchev–Trinajstić information content (AvgIpc) is 2.63. The van der Waals surface area contributed by atoms with Gasteiger partial charge in [0.15, 0.2) is 0 Å². The molecule has 24 heavy (non-hydrogen) atoms. The lowest BCUT2D eigenvalue weighted by Gasteiger charge is -2.22. The van der Waals surface area contributed by atoms with Gasteiger partial charge in [-0.3, -0.25) is 4.79 Å². The highest BCUT2D eigenvalue weighted by molar-refractivity contribution is 6.03. The Morgan fingerprint density at radius 3 is 2.38 bits per heavy atom. The van der Waals surface area contributed by atoms with E-state index in [-0.39, 0.29) is 5.84 Å². The van der Waals surface area contributed by atoms with Crippen molar-refractivity contribution in [2.45, 2.75) is 0 Å². The Morgan fingerprint density at radius 2 is 1.75 bits per heavy atom. The Kier molecular flexibility index (Phi) is 4.47. The molecular formula is C18H17N3O3. The number of hydrogen-bond donors (Lipinski definition) is 1. The predicted molar refractivity (Wildman–Crippen MR) is 91.8 cm³/mol. The van der Waals surface area contributed by atoms with Crippen LogP contribution in [0.15, 0.2) is 72.0 Å². The van der Waals surface area contributed by atoms with E-state index in [1.807, 2.05) is 30.3 Å². The molecule has 0 fully saturated rings. The molecule has 3 rings (SSSR count). The molecule has 0 spiro atoms. The SMILES string of the molecule is COc1ccc(OC(=O)C2C=CN(c3ccccc3)N=C2N)cc1. The van der Waals surface area contributed by atoms with Crippen LogP contribution >= 0.6 is 0 Å². The molecule has 1 atom stereocenters. The van der Waals surface area contributed by atoms with Gasteiger partial charge in [0.1, 0.15) is 23.3 Å². The first-order chi connectivity index (χ1) is 11.7. The van der Waals surface area contributed by atoms with Gasteiger partial charge in [-0.15, -0.1) is 0 Å². The number of hydrogen-bond acceptors (Lipinski definition) is 6. The lowest BCUT2D eigenvalue weighted by Crippen LogP contribution is -2.36. The maximum absolute atomic E-state index is 12.3. The first-order valence-corrected chi connectivity index (χ1v) is 7.39. The van der Waals surface area contributed by atoms with E-state index < -0.39 is 11.9 Å². The third-order valence-corrected chi connectivity index (χ3v) is 3.51. The summed E-state index contributed by atoms with van der Waals surface area (Å²) in [6.45, 7) is 0. The molecule has 6 nitrogen and oxygen atoms in total. The molecule has 2 aromatic carbocycles.